The number of ketones is 1. The van der Waals surface area contributed by atoms with E-state index in [4.69, 9.17) is 47.4 Å². The van der Waals surface area contributed by atoms with Gasteiger partial charge in [0.05, 0.1) is 42.4 Å². The van der Waals surface area contributed by atoms with Gasteiger partial charge in [-0.2, -0.15) is 0 Å². The summed E-state index contributed by atoms with van der Waals surface area (Å²) in [6, 6.07) is 0. The van der Waals surface area contributed by atoms with Crippen LogP contribution in [-0.4, -0.2) is 139 Å². The molecule has 61 heavy (non-hydrogen) atoms. The number of esters is 4. The Labute approximate surface area is 361 Å². The molecule has 0 saturated carbocycles. The minimum atomic E-state index is -2.02. The lowest BCUT2D eigenvalue weighted by Crippen LogP contribution is -2.59. The normalized spacial score (nSPS) is 42.9. The van der Waals surface area contributed by atoms with Gasteiger partial charge in [0, 0.05) is 65.6 Å². The van der Waals surface area contributed by atoms with E-state index in [0.29, 0.717) is 6.42 Å². The fourth-order valence-electron chi connectivity index (χ4n) is 9.56. The Balaban J connectivity index is 2.27. The number of aliphatic hydroxyl groups excluding tert-OH is 1. The number of Topliss-reactive ketones (excluding diaryl/α,β-unsaturated/α-hetero) is 1. The Kier molecular flexibility index (Phi) is 18.7. The summed E-state index contributed by atoms with van der Waals surface area (Å²) in [5, 5.41) is 23.5. The third-order valence-electron chi connectivity index (χ3n) is 13.0. The molecular formula is C44H74O17. The number of hydrogen-bond donors (Lipinski definition) is 2. The molecule has 2 N–H and O–H groups in total. The zero-order valence-electron chi connectivity index (χ0n) is 39.0. The van der Waals surface area contributed by atoms with Gasteiger partial charge in [0.25, 0.3) is 0 Å². The van der Waals surface area contributed by atoms with E-state index < -0.39 is 144 Å². The van der Waals surface area contributed by atoms with Gasteiger partial charge >= 0.3 is 23.9 Å². The molecule has 17 nitrogen and oxygen atoms in total. The Morgan fingerprint density at radius 2 is 1.39 bits per heavy atom. The van der Waals surface area contributed by atoms with Crippen LogP contribution < -0.4 is 0 Å². The number of aliphatic hydroxyl groups is 2. The van der Waals surface area contributed by atoms with Crippen molar-refractivity contribution in [2.75, 3.05) is 14.2 Å². The van der Waals surface area contributed by atoms with Crippen molar-refractivity contribution < 1.29 is 81.6 Å². The molecule has 0 aliphatic carbocycles. The van der Waals surface area contributed by atoms with Gasteiger partial charge in [-0.1, -0.05) is 34.6 Å². The molecule has 3 heterocycles. The number of ether oxygens (including phenoxy) is 10. The molecule has 0 radical (unpaired) electrons. The first-order valence-electron chi connectivity index (χ1n) is 21.6. The van der Waals surface area contributed by atoms with Gasteiger partial charge in [0.1, 0.15) is 35.6 Å². The van der Waals surface area contributed by atoms with Gasteiger partial charge < -0.3 is 57.6 Å². The van der Waals surface area contributed by atoms with Crippen molar-refractivity contribution in [3.05, 3.63) is 0 Å². The van der Waals surface area contributed by atoms with E-state index in [1.165, 1.54) is 41.9 Å². The Bertz CT molecular complexity index is 1500. The smallest absolute Gasteiger partial charge is 0.311 e. The molecule has 352 valence electrons. The SMILES string of the molecule is COC1CC(C)OC(O[C@@H]2[C@@H](C)[C@H](OC3CC(C)(OC)C(OC(C)=O)C(C)O3)[C@@H](C)C(=O)O[C@H]([C@@H](C)[C@H](C)OC(C)=O)[C@H](C)[C@H](OC(C)=O)[C@@H](C)C(=O)[C@@](C)(O)C[C@@H]2C)C1O. The third kappa shape index (κ3) is 12.9. The zero-order chi connectivity index (χ0) is 46.5. The Morgan fingerprint density at radius 1 is 0.787 bits per heavy atom. The second-order valence-electron chi connectivity index (χ2n) is 18.3. The molecule has 3 aliphatic heterocycles. The summed E-state index contributed by atoms with van der Waals surface area (Å²) in [7, 11) is 2.97. The van der Waals surface area contributed by atoms with Crippen LogP contribution in [0, 0.1) is 35.5 Å². The number of carbonyl (C=O) groups is 5. The van der Waals surface area contributed by atoms with E-state index >= 15 is 0 Å². The lowest BCUT2D eigenvalue weighted by molar-refractivity contribution is -0.313. The Hall–Kier alpha value is -2.77. The van der Waals surface area contributed by atoms with Gasteiger partial charge in [-0.3, -0.25) is 24.0 Å². The summed E-state index contributed by atoms with van der Waals surface area (Å²) in [4.78, 5) is 66.1. The van der Waals surface area contributed by atoms with Gasteiger partial charge in [-0.25, -0.2) is 0 Å². The molecule has 3 rings (SSSR count). The molecule has 0 amide bonds. The summed E-state index contributed by atoms with van der Waals surface area (Å²) < 4.78 is 60.9. The van der Waals surface area contributed by atoms with Crippen molar-refractivity contribution in [2.24, 2.45) is 35.5 Å². The summed E-state index contributed by atoms with van der Waals surface area (Å²) in [5.41, 5.74) is -3.10. The van der Waals surface area contributed by atoms with Crippen LogP contribution in [0.5, 0.6) is 0 Å². The van der Waals surface area contributed by atoms with Crippen molar-refractivity contribution in [1.29, 1.82) is 0 Å². The average molecular weight is 875 g/mol. The lowest BCUT2D eigenvalue weighted by Gasteiger charge is -2.48. The number of methoxy groups -OCH3 is 2. The molecule has 20 atom stereocenters. The van der Waals surface area contributed by atoms with Crippen molar-refractivity contribution in [3.8, 4) is 0 Å². The maximum Gasteiger partial charge on any atom is 0.311 e. The highest BCUT2D eigenvalue weighted by atomic mass is 16.7. The first-order valence-corrected chi connectivity index (χ1v) is 21.6. The van der Waals surface area contributed by atoms with E-state index in [2.05, 4.69) is 0 Å². The highest BCUT2D eigenvalue weighted by Gasteiger charge is 2.53. The van der Waals surface area contributed by atoms with Gasteiger partial charge in [0.15, 0.2) is 24.5 Å². The van der Waals surface area contributed by atoms with Crippen LogP contribution in [0.3, 0.4) is 0 Å². The quantitative estimate of drug-likeness (QED) is 0.221. The zero-order valence-corrected chi connectivity index (χ0v) is 39.0. The van der Waals surface area contributed by atoms with Crippen LogP contribution in [0.1, 0.15) is 116 Å². The van der Waals surface area contributed by atoms with Crippen molar-refractivity contribution in [2.45, 2.75) is 201 Å². The summed E-state index contributed by atoms with van der Waals surface area (Å²) in [6.45, 7) is 22.2. The standard InChI is InChI=1S/C44H74O17/c1-20-18-43(13,51)39(49)25(6)37(57-30(11)46)24(5)36(22(3)27(8)55-29(10)45)60-41(50)26(7)38(23(4)35(20)61-42-34(48)32(52-15)17-21(2)54-42)59-33-19-44(14,53-16)40(28(9)56-33)58-31(12)47/h20-28,32-38,40,42,48,51H,17-19H2,1-16H3/t20-,21?,22-,23+,24-,25+,26+,27-,28?,32?,33?,34?,35-,36+,37-,38-,40?,42?,43-,44?/m0/s1. The molecule has 3 fully saturated rings. The van der Waals surface area contributed by atoms with E-state index in [1.807, 2.05) is 6.92 Å². The minimum absolute atomic E-state index is 0.0666. The molecular weight excluding hydrogens is 800 g/mol. The second-order valence-corrected chi connectivity index (χ2v) is 18.3. The van der Waals surface area contributed by atoms with E-state index in [1.54, 1.807) is 62.3 Å². The van der Waals surface area contributed by atoms with E-state index in [9.17, 15) is 34.2 Å². The topological polar surface area (TPSA) is 218 Å². The number of cyclic esters (lactones) is 1. The van der Waals surface area contributed by atoms with Gasteiger partial charge in [-0.15, -0.1) is 0 Å². The molecule has 0 bridgehead atoms. The first-order chi connectivity index (χ1) is 28.2. The number of carbonyl (C=O) groups excluding carboxylic acids is 5. The van der Waals surface area contributed by atoms with Gasteiger partial charge in [0.2, 0.25) is 0 Å². The van der Waals surface area contributed by atoms with Crippen molar-refractivity contribution in [1.82, 2.24) is 0 Å². The predicted octanol–water partition coefficient (Wildman–Crippen LogP) is 4.07. The molecule has 0 aromatic rings. The molecule has 17 heteroatoms. The van der Waals surface area contributed by atoms with Crippen LogP contribution >= 0.6 is 0 Å². The van der Waals surface area contributed by atoms with Crippen LogP contribution in [0.25, 0.3) is 0 Å². The molecule has 3 aliphatic rings. The number of hydrogen-bond acceptors (Lipinski definition) is 17. The van der Waals surface area contributed by atoms with Crippen molar-refractivity contribution >= 4 is 29.7 Å². The number of rotatable bonds is 11. The largest absolute Gasteiger partial charge is 0.462 e. The van der Waals surface area contributed by atoms with Crippen LogP contribution in [0.15, 0.2) is 0 Å². The fraction of sp³-hybridized carbons (Fsp3) is 0.886. The monoisotopic (exact) mass is 874 g/mol. The third-order valence-corrected chi connectivity index (χ3v) is 13.0. The van der Waals surface area contributed by atoms with Crippen LogP contribution in [-0.2, 0) is 71.3 Å². The van der Waals surface area contributed by atoms with Crippen LogP contribution in [0.2, 0.25) is 0 Å². The van der Waals surface area contributed by atoms with Gasteiger partial charge in [-0.05, 0) is 53.9 Å². The maximum atomic E-state index is 14.8. The molecule has 0 aromatic carbocycles. The predicted molar refractivity (Wildman–Crippen MR) is 217 cm³/mol. The average Bonchev–Trinajstić information content (AvgIpc) is 3.16. The second kappa shape index (κ2) is 21.7. The minimum Gasteiger partial charge on any atom is -0.462 e. The van der Waals surface area contributed by atoms with E-state index in [0.717, 1.165) is 0 Å². The Morgan fingerprint density at radius 3 is 1.93 bits per heavy atom. The maximum absolute atomic E-state index is 14.8. The molecule has 0 spiro atoms. The summed E-state index contributed by atoms with van der Waals surface area (Å²) in [6.07, 6.45) is -10.9. The highest BCUT2D eigenvalue weighted by molar-refractivity contribution is 5.89. The lowest BCUT2D eigenvalue weighted by atomic mass is 9.74. The van der Waals surface area contributed by atoms with Crippen LogP contribution in [0.4, 0.5) is 0 Å². The van der Waals surface area contributed by atoms with Crippen molar-refractivity contribution in [3.63, 3.8) is 0 Å². The fourth-order valence-corrected chi connectivity index (χ4v) is 9.56. The highest BCUT2D eigenvalue weighted by Crippen LogP contribution is 2.41. The summed E-state index contributed by atoms with van der Waals surface area (Å²) in [5.74, 6) is -8.36. The first kappa shape index (κ1) is 52.6. The molecule has 8 unspecified atom stereocenters. The molecule has 3 saturated heterocycles. The summed E-state index contributed by atoms with van der Waals surface area (Å²) >= 11 is 0. The van der Waals surface area contributed by atoms with E-state index in [-0.39, 0.29) is 18.9 Å². The molecule has 0 aromatic heterocycles.